The van der Waals surface area contributed by atoms with Crippen molar-refractivity contribution in [2.24, 2.45) is 0 Å². The molecule has 1 aliphatic carbocycles. The Balaban J connectivity index is 1.75. The van der Waals surface area contributed by atoms with Gasteiger partial charge in [0.15, 0.2) is 0 Å². The molecule has 7 heteroatoms. The minimum atomic E-state index is -4.37. The molecule has 1 N–H and O–H groups in total. The number of carbonyl (C=O) groups is 1. The van der Waals surface area contributed by atoms with Crippen LogP contribution in [0.5, 0.6) is 0 Å². The molecule has 1 aromatic carbocycles. The third-order valence-corrected chi connectivity index (χ3v) is 3.93. The molecular weight excluding hydrogens is 323 g/mol. The summed E-state index contributed by atoms with van der Waals surface area (Å²) in [6.45, 7) is 1.45. The lowest BCUT2D eigenvalue weighted by Gasteiger charge is -2.12. The highest BCUT2D eigenvalue weighted by Gasteiger charge is 2.44. The lowest BCUT2D eigenvalue weighted by Crippen LogP contribution is -2.27. The first-order valence-corrected chi connectivity index (χ1v) is 7.95. The van der Waals surface area contributed by atoms with Gasteiger partial charge in [-0.1, -0.05) is 18.2 Å². The van der Waals surface area contributed by atoms with Gasteiger partial charge in [0, 0.05) is 32.1 Å². The summed E-state index contributed by atoms with van der Waals surface area (Å²) in [6.07, 6.45) is -2.94. The normalized spacial score (nSPS) is 20.0. The van der Waals surface area contributed by atoms with Crippen molar-refractivity contribution in [2.45, 2.75) is 37.4 Å². The van der Waals surface area contributed by atoms with Crippen LogP contribution in [0.15, 0.2) is 24.3 Å². The first kappa shape index (κ1) is 18.7. The zero-order valence-electron chi connectivity index (χ0n) is 13.6. The van der Waals surface area contributed by atoms with E-state index >= 15 is 0 Å². The Labute approximate surface area is 139 Å². The molecule has 0 spiro atoms. The van der Waals surface area contributed by atoms with E-state index < -0.39 is 11.7 Å². The Kier molecular flexibility index (Phi) is 6.62. The van der Waals surface area contributed by atoms with Gasteiger partial charge in [0.05, 0.1) is 18.8 Å². The van der Waals surface area contributed by atoms with Crippen LogP contribution < -0.4 is 5.32 Å². The van der Waals surface area contributed by atoms with Crippen LogP contribution >= 0.6 is 0 Å². The molecule has 1 fully saturated rings. The van der Waals surface area contributed by atoms with Gasteiger partial charge in [-0.25, -0.2) is 0 Å². The third-order valence-electron chi connectivity index (χ3n) is 3.93. The molecule has 0 heterocycles. The Morgan fingerprint density at radius 1 is 1.25 bits per heavy atom. The van der Waals surface area contributed by atoms with Gasteiger partial charge in [-0.05, 0) is 24.5 Å². The van der Waals surface area contributed by atoms with Crippen LogP contribution in [0.3, 0.4) is 0 Å². The Morgan fingerprint density at radius 3 is 2.71 bits per heavy atom. The van der Waals surface area contributed by atoms with Gasteiger partial charge in [0.1, 0.15) is 0 Å². The van der Waals surface area contributed by atoms with E-state index in [4.69, 9.17) is 9.47 Å². The fraction of sp³-hybridized carbons (Fsp3) is 0.588. The van der Waals surface area contributed by atoms with Gasteiger partial charge >= 0.3 is 6.18 Å². The Hall–Kier alpha value is -1.60. The highest BCUT2D eigenvalue weighted by atomic mass is 19.4. The van der Waals surface area contributed by atoms with Gasteiger partial charge in [0.25, 0.3) is 0 Å². The predicted octanol–water partition coefficient (Wildman–Crippen LogP) is 3.12. The molecule has 24 heavy (non-hydrogen) atoms. The molecule has 2 rings (SSSR count). The van der Waals surface area contributed by atoms with Crippen LogP contribution in [0.2, 0.25) is 0 Å². The van der Waals surface area contributed by atoms with Crippen molar-refractivity contribution in [1.82, 2.24) is 5.32 Å². The van der Waals surface area contributed by atoms with Crippen molar-refractivity contribution in [3.8, 4) is 0 Å². The molecule has 0 radical (unpaired) electrons. The molecule has 1 saturated carbocycles. The van der Waals surface area contributed by atoms with E-state index in [1.807, 2.05) is 0 Å². The number of halogens is 3. The van der Waals surface area contributed by atoms with Crippen LogP contribution in [0, 0.1) is 0 Å². The van der Waals surface area contributed by atoms with Crippen LogP contribution in [0.25, 0.3) is 0 Å². The van der Waals surface area contributed by atoms with Crippen molar-refractivity contribution in [1.29, 1.82) is 0 Å². The monoisotopic (exact) mass is 345 g/mol. The molecule has 2 atom stereocenters. The summed E-state index contributed by atoms with van der Waals surface area (Å²) >= 11 is 0. The van der Waals surface area contributed by atoms with Gasteiger partial charge in [-0.2, -0.15) is 13.2 Å². The maximum absolute atomic E-state index is 13.0. The van der Waals surface area contributed by atoms with E-state index in [-0.39, 0.29) is 23.4 Å². The minimum absolute atomic E-state index is 0.151. The highest BCUT2D eigenvalue weighted by molar-refractivity contribution is 5.76. The number of rotatable bonds is 9. The first-order valence-electron chi connectivity index (χ1n) is 7.95. The van der Waals surface area contributed by atoms with Crippen LogP contribution in [0.1, 0.15) is 36.3 Å². The quantitative estimate of drug-likeness (QED) is 0.700. The second kappa shape index (κ2) is 8.48. The van der Waals surface area contributed by atoms with Crippen molar-refractivity contribution in [3.63, 3.8) is 0 Å². The molecular formula is C17H22F3NO3. The topological polar surface area (TPSA) is 47.6 Å². The molecule has 0 aromatic heterocycles. The van der Waals surface area contributed by atoms with Gasteiger partial charge in [0.2, 0.25) is 5.91 Å². The van der Waals surface area contributed by atoms with E-state index in [9.17, 15) is 18.0 Å². The number of methoxy groups -OCH3 is 1. The molecule has 1 aromatic rings. The molecule has 0 bridgehead atoms. The number of carbonyl (C=O) groups excluding carboxylic acids is 1. The fourth-order valence-electron chi connectivity index (χ4n) is 2.63. The number of nitrogens with one attached hydrogen (secondary N) is 1. The summed E-state index contributed by atoms with van der Waals surface area (Å²) < 4.78 is 49.1. The van der Waals surface area contributed by atoms with Crippen molar-refractivity contribution in [2.75, 3.05) is 26.9 Å². The SMILES string of the molecule is COCCOCCCC(=O)N[C@H]1C[C@H]1c1ccccc1C(F)(F)F. The zero-order chi connectivity index (χ0) is 17.6. The standard InChI is InChI=1S/C17H22F3NO3/c1-23-9-10-24-8-4-7-16(22)21-15-11-13(15)12-5-2-3-6-14(12)17(18,19)20/h2-3,5-6,13,15H,4,7-11H2,1H3,(H,21,22)/t13-,15-/m0/s1. The molecule has 1 amide bonds. The Morgan fingerprint density at radius 2 is 2.00 bits per heavy atom. The number of benzene rings is 1. The Bertz CT molecular complexity index is 548. The maximum Gasteiger partial charge on any atom is 0.416 e. The number of alkyl halides is 3. The average molecular weight is 345 g/mol. The summed E-state index contributed by atoms with van der Waals surface area (Å²) in [6, 6.07) is 5.34. The number of amides is 1. The number of ether oxygens (including phenoxy) is 2. The number of hydrogen-bond acceptors (Lipinski definition) is 3. The minimum Gasteiger partial charge on any atom is -0.382 e. The molecule has 0 saturated heterocycles. The molecule has 0 unspecified atom stereocenters. The van der Waals surface area contributed by atoms with Crippen LogP contribution in [-0.2, 0) is 20.4 Å². The van der Waals surface area contributed by atoms with Gasteiger partial charge in [-0.3, -0.25) is 4.79 Å². The largest absolute Gasteiger partial charge is 0.416 e. The zero-order valence-corrected chi connectivity index (χ0v) is 13.6. The van der Waals surface area contributed by atoms with Crippen LogP contribution in [0.4, 0.5) is 13.2 Å². The molecule has 1 aliphatic rings. The van der Waals surface area contributed by atoms with Crippen LogP contribution in [-0.4, -0.2) is 38.9 Å². The average Bonchev–Trinajstić information content (AvgIpc) is 3.29. The van der Waals surface area contributed by atoms with Crippen molar-refractivity contribution < 1.29 is 27.4 Å². The summed E-state index contributed by atoms with van der Waals surface area (Å²) in [5.74, 6) is -0.410. The maximum atomic E-state index is 13.0. The van der Waals surface area contributed by atoms with Crippen molar-refractivity contribution in [3.05, 3.63) is 35.4 Å². The third kappa shape index (κ3) is 5.49. The summed E-state index contributed by atoms with van der Waals surface area (Å²) in [5, 5.41) is 2.80. The lowest BCUT2D eigenvalue weighted by molar-refractivity contribution is -0.138. The molecule has 134 valence electrons. The first-order chi connectivity index (χ1) is 11.4. The van der Waals surface area contributed by atoms with E-state index in [1.165, 1.54) is 12.1 Å². The van der Waals surface area contributed by atoms with E-state index in [1.54, 1.807) is 13.2 Å². The predicted molar refractivity (Wildman–Crippen MR) is 82.7 cm³/mol. The fourth-order valence-corrected chi connectivity index (χ4v) is 2.63. The lowest BCUT2D eigenvalue weighted by atomic mass is 10.0. The summed E-state index contributed by atoms with van der Waals surface area (Å²) in [7, 11) is 1.58. The van der Waals surface area contributed by atoms with Gasteiger partial charge < -0.3 is 14.8 Å². The second-order valence-electron chi connectivity index (χ2n) is 5.81. The number of hydrogen-bond donors (Lipinski definition) is 1. The smallest absolute Gasteiger partial charge is 0.382 e. The van der Waals surface area contributed by atoms with E-state index in [0.29, 0.717) is 39.1 Å². The van der Waals surface area contributed by atoms with E-state index in [2.05, 4.69) is 5.32 Å². The summed E-state index contributed by atoms with van der Waals surface area (Å²) in [4.78, 5) is 11.8. The van der Waals surface area contributed by atoms with Crippen molar-refractivity contribution >= 4 is 5.91 Å². The molecule has 0 aliphatic heterocycles. The highest BCUT2D eigenvalue weighted by Crippen LogP contribution is 2.46. The molecule has 4 nitrogen and oxygen atoms in total. The van der Waals surface area contributed by atoms with E-state index in [0.717, 1.165) is 6.07 Å². The second-order valence-corrected chi connectivity index (χ2v) is 5.81. The summed E-state index contributed by atoms with van der Waals surface area (Å²) in [5.41, 5.74) is -0.350. The van der Waals surface area contributed by atoms with Gasteiger partial charge in [-0.15, -0.1) is 0 Å².